The minimum Gasteiger partial charge on any atom is -0.455 e. The molecule has 0 aliphatic rings. The molecule has 0 unspecified atom stereocenters. The second-order valence-electron chi connectivity index (χ2n) is 7.32. The third-order valence-corrected chi connectivity index (χ3v) is 5.55. The van der Waals surface area contributed by atoms with Crippen molar-refractivity contribution in [2.24, 2.45) is 7.05 Å². The van der Waals surface area contributed by atoms with Gasteiger partial charge in [-0.1, -0.05) is 42.3 Å². The SMILES string of the molecule is [2H]c1c([2H])c([2H])c(-c2c(C)c([N+]#[C-])cc3c2oc2c(-c4cccc[n+]4C)c(C)ccc23)c([2H])c1[2H]. The average Bonchev–Trinajstić information content (AvgIpc) is 3.21. The van der Waals surface area contributed by atoms with Gasteiger partial charge in [-0.25, -0.2) is 9.41 Å². The van der Waals surface area contributed by atoms with Gasteiger partial charge in [0.2, 0.25) is 5.69 Å². The Morgan fingerprint density at radius 1 is 0.967 bits per heavy atom. The van der Waals surface area contributed by atoms with Crippen LogP contribution in [0.1, 0.15) is 18.0 Å². The number of fused-ring (bicyclic) bond motifs is 3. The highest BCUT2D eigenvalue weighted by Crippen LogP contribution is 2.44. The quantitative estimate of drug-likeness (QED) is 0.235. The van der Waals surface area contributed by atoms with Crippen LogP contribution < -0.4 is 4.57 Å². The Labute approximate surface area is 182 Å². The van der Waals surface area contributed by atoms with Crippen molar-refractivity contribution in [2.75, 3.05) is 0 Å². The zero-order valence-electron chi connectivity index (χ0n) is 21.8. The minimum absolute atomic E-state index is 0.0339. The topological polar surface area (TPSA) is 21.4 Å². The molecule has 144 valence electrons. The fourth-order valence-corrected chi connectivity index (χ4v) is 4.04. The van der Waals surface area contributed by atoms with Crippen LogP contribution >= 0.6 is 0 Å². The minimum atomic E-state index is -0.460. The van der Waals surface area contributed by atoms with Crippen molar-refractivity contribution >= 4 is 27.6 Å². The van der Waals surface area contributed by atoms with Crippen LogP contribution in [-0.4, -0.2) is 0 Å². The first-order valence-corrected chi connectivity index (χ1v) is 9.56. The molecule has 0 saturated heterocycles. The van der Waals surface area contributed by atoms with Crippen molar-refractivity contribution < 1.29 is 15.8 Å². The highest BCUT2D eigenvalue weighted by atomic mass is 16.3. The largest absolute Gasteiger partial charge is 0.455 e. The summed E-state index contributed by atoms with van der Waals surface area (Å²) in [7, 11) is 1.95. The van der Waals surface area contributed by atoms with Gasteiger partial charge in [-0.3, -0.25) is 0 Å². The van der Waals surface area contributed by atoms with E-state index >= 15 is 0 Å². The van der Waals surface area contributed by atoms with Crippen molar-refractivity contribution in [1.29, 1.82) is 0 Å². The number of aromatic nitrogens is 1. The molecule has 0 saturated carbocycles. The van der Waals surface area contributed by atoms with Gasteiger partial charge in [0.25, 0.3) is 0 Å². The molecule has 0 spiro atoms. The normalized spacial score (nSPS) is 13.5. The molecule has 0 amide bonds. The van der Waals surface area contributed by atoms with Crippen LogP contribution in [-0.2, 0) is 7.05 Å². The van der Waals surface area contributed by atoms with Gasteiger partial charge in [0, 0.05) is 28.5 Å². The summed E-state index contributed by atoms with van der Waals surface area (Å²) < 4.78 is 49.9. The predicted molar refractivity (Wildman–Crippen MR) is 122 cm³/mol. The molecule has 2 aromatic heterocycles. The van der Waals surface area contributed by atoms with Gasteiger partial charge in [0.1, 0.15) is 18.2 Å². The van der Waals surface area contributed by atoms with E-state index in [1.807, 2.05) is 55.1 Å². The molecule has 0 N–H and O–H groups in total. The van der Waals surface area contributed by atoms with Crippen molar-refractivity contribution in [3.63, 3.8) is 0 Å². The van der Waals surface area contributed by atoms with E-state index in [9.17, 15) is 0 Å². The van der Waals surface area contributed by atoms with Gasteiger partial charge in [-0.15, -0.1) is 0 Å². The molecule has 3 nitrogen and oxygen atoms in total. The maximum absolute atomic E-state index is 8.55. The van der Waals surface area contributed by atoms with Crippen molar-refractivity contribution in [3.05, 3.63) is 95.4 Å². The Morgan fingerprint density at radius 2 is 1.73 bits per heavy atom. The highest BCUT2D eigenvalue weighted by molar-refractivity contribution is 6.15. The summed E-state index contributed by atoms with van der Waals surface area (Å²) in [6.45, 7) is 11.5. The molecule has 0 atom stereocenters. The third-order valence-electron chi connectivity index (χ3n) is 5.55. The Hall–Kier alpha value is -3.90. The lowest BCUT2D eigenvalue weighted by Gasteiger charge is -2.09. The maximum atomic E-state index is 8.55. The molecule has 0 aliphatic carbocycles. The first-order chi connectivity index (χ1) is 16.7. The summed E-state index contributed by atoms with van der Waals surface area (Å²) >= 11 is 0. The fourth-order valence-electron chi connectivity index (χ4n) is 4.04. The number of hydrogen-bond acceptors (Lipinski definition) is 1. The Morgan fingerprint density at radius 3 is 2.47 bits per heavy atom. The molecule has 5 aromatic rings. The van der Waals surface area contributed by atoms with Crippen LogP contribution in [0.3, 0.4) is 0 Å². The van der Waals surface area contributed by atoms with Gasteiger partial charge in [-0.05, 0) is 42.7 Å². The Balaban J connectivity index is 2.01. The van der Waals surface area contributed by atoms with Crippen molar-refractivity contribution in [1.82, 2.24) is 0 Å². The molecule has 0 aliphatic heterocycles. The van der Waals surface area contributed by atoms with Gasteiger partial charge in [-0.2, -0.15) is 0 Å². The summed E-state index contributed by atoms with van der Waals surface area (Å²) in [5.41, 5.74) is 5.10. The first-order valence-electron chi connectivity index (χ1n) is 12.1. The molecule has 3 heteroatoms. The van der Waals surface area contributed by atoms with Crippen LogP contribution in [0.25, 0.3) is 49.2 Å². The fraction of sp³-hybridized carbons (Fsp3) is 0.111. The van der Waals surface area contributed by atoms with E-state index in [0.717, 1.165) is 22.2 Å². The van der Waals surface area contributed by atoms with E-state index in [1.54, 1.807) is 13.0 Å². The lowest BCUT2D eigenvalue weighted by atomic mass is 9.95. The number of benzene rings is 3. The summed E-state index contributed by atoms with van der Waals surface area (Å²) in [5, 5.41) is 1.46. The maximum Gasteiger partial charge on any atom is 0.216 e. The second-order valence-corrected chi connectivity index (χ2v) is 7.32. The van der Waals surface area contributed by atoms with E-state index in [4.69, 9.17) is 17.8 Å². The molecule has 0 fully saturated rings. The Kier molecular flexibility index (Phi) is 3.05. The standard InChI is InChI=1S/C27H21N2O/c1-17-13-14-20-21-16-22(28-3)18(2)25(19-10-6-5-7-11-19)27(21)30-26(20)24(17)23-12-8-9-15-29(23)4/h5-16H,1-2,4H3/q+1/i5D,6D,7D,10D,11D. The van der Waals surface area contributed by atoms with Crippen LogP contribution in [0, 0.1) is 20.4 Å². The number of furan rings is 1. The molecule has 30 heavy (non-hydrogen) atoms. The second kappa shape index (κ2) is 6.86. The summed E-state index contributed by atoms with van der Waals surface area (Å²) in [4.78, 5) is 3.68. The summed E-state index contributed by atoms with van der Waals surface area (Å²) in [6.07, 6.45) is 1.95. The highest BCUT2D eigenvalue weighted by Gasteiger charge is 2.23. The number of aryl methyl sites for hydroxylation is 2. The smallest absolute Gasteiger partial charge is 0.216 e. The van der Waals surface area contributed by atoms with E-state index in [1.165, 1.54) is 0 Å². The van der Waals surface area contributed by atoms with Gasteiger partial charge in [0.15, 0.2) is 11.9 Å². The number of rotatable bonds is 2. The van der Waals surface area contributed by atoms with Crippen molar-refractivity contribution in [3.8, 4) is 22.4 Å². The zero-order valence-corrected chi connectivity index (χ0v) is 16.8. The van der Waals surface area contributed by atoms with Gasteiger partial charge in [0.05, 0.1) is 19.0 Å². The van der Waals surface area contributed by atoms with Crippen LogP contribution in [0.2, 0.25) is 0 Å². The summed E-state index contributed by atoms with van der Waals surface area (Å²) in [5.74, 6) is 0. The van der Waals surface area contributed by atoms with E-state index < -0.39 is 18.1 Å². The molecular weight excluding hydrogens is 368 g/mol. The average molecular weight is 395 g/mol. The summed E-state index contributed by atoms with van der Waals surface area (Å²) in [6, 6.07) is 9.64. The first kappa shape index (κ1) is 13.3. The Bertz CT molecular complexity index is 1720. The molecule has 3 aromatic carbocycles. The molecule has 0 bridgehead atoms. The predicted octanol–water partition coefficient (Wildman–Crippen LogP) is 6.91. The van der Waals surface area contributed by atoms with Crippen LogP contribution in [0.15, 0.2) is 77.2 Å². The molecular formula is C27H21N2O+. The van der Waals surface area contributed by atoms with Crippen LogP contribution in [0.4, 0.5) is 5.69 Å². The molecule has 0 radical (unpaired) electrons. The molecule has 2 heterocycles. The lowest BCUT2D eigenvalue weighted by Crippen LogP contribution is -2.30. The lowest BCUT2D eigenvalue weighted by molar-refractivity contribution is -0.660. The number of hydrogen-bond donors (Lipinski definition) is 0. The monoisotopic (exact) mass is 394 g/mol. The van der Waals surface area contributed by atoms with Crippen LogP contribution in [0.5, 0.6) is 0 Å². The molecule has 5 rings (SSSR count). The van der Waals surface area contributed by atoms with Crippen molar-refractivity contribution in [2.45, 2.75) is 13.8 Å². The van der Waals surface area contributed by atoms with E-state index in [2.05, 4.69) is 4.85 Å². The number of pyridine rings is 1. The van der Waals surface area contributed by atoms with Gasteiger partial charge < -0.3 is 4.42 Å². The van der Waals surface area contributed by atoms with Gasteiger partial charge >= 0.3 is 0 Å². The number of nitrogens with zero attached hydrogens (tertiary/aromatic N) is 2. The van der Waals surface area contributed by atoms with E-state index in [0.29, 0.717) is 33.4 Å². The zero-order chi connectivity index (χ0) is 25.2. The van der Waals surface area contributed by atoms with E-state index in [-0.39, 0.29) is 17.6 Å². The third kappa shape index (κ3) is 2.62.